The number of amides is 2. The second kappa shape index (κ2) is 11.3. The SMILES string of the molecule is CC(c1ccc(C(=O)NCC2=NNN(C)N2)cc1)N1C(=O)C(c2ccc(C(F)(F)F)cc2)=NC12CCC(C(C)(C)C)CC2. The number of hydrazine groups is 2. The van der Waals surface area contributed by atoms with Crippen LogP contribution in [-0.4, -0.2) is 52.6 Å². The number of alkyl halides is 3. The van der Waals surface area contributed by atoms with Crippen LogP contribution in [0.15, 0.2) is 58.6 Å². The third kappa shape index (κ3) is 6.24. The van der Waals surface area contributed by atoms with Gasteiger partial charge in [-0.2, -0.15) is 13.2 Å². The van der Waals surface area contributed by atoms with Crippen LogP contribution >= 0.6 is 0 Å². The van der Waals surface area contributed by atoms with E-state index in [-0.39, 0.29) is 35.5 Å². The number of halogens is 3. The van der Waals surface area contributed by atoms with E-state index in [1.54, 1.807) is 29.2 Å². The highest BCUT2D eigenvalue weighted by atomic mass is 19.4. The lowest BCUT2D eigenvalue weighted by molar-refractivity contribution is -0.137. The highest BCUT2D eigenvalue weighted by Gasteiger charge is 2.52. The molecule has 1 unspecified atom stereocenters. The van der Waals surface area contributed by atoms with Gasteiger partial charge in [0.25, 0.3) is 11.8 Å². The molecule has 3 N–H and O–H groups in total. The highest BCUT2D eigenvalue weighted by molar-refractivity contribution is 6.46. The summed E-state index contributed by atoms with van der Waals surface area (Å²) in [6.07, 6.45) is -1.37. The first-order valence-electron chi connectivity index (χ1n) is 14.5. The van der Waals surface area contributed by atoms with Crippen LogP contribution in [0.2, 0.25) is 0 Å². The molecule has 9 nitrogen and oxygen atoms in total. The maximum absolute atomic E-state index is 14.0. The molecule has 2 amide bonds. The van der Waals surface area contributed by atoms with Crippen LogP contribution < -0.4 is 16.3 Å². The first-order valence-corrected chi connectivity index (χ1v) is 14.5. The fraction of sp³-hybridized carbons (Fsp3) is 0.484. The van der Waals surface area contributed by atoms with Crippen LogP contribution in [0.3, 0.4) is 0 Å². The normalized spacial score (nSPS) is 23.5. The molecule has 2 aromatic carbocycles. The number of hydrazone groups is 1. The summed E-state index contributed by atoms with van der Waals surface area (Å²) in [4.78, 5) is 33.6. The third-order valence-corrected chi connectivity index (χ3v) is 8.78. The number of nitrogens with one attached hydrogen (secondary N) is 3. The van der Waals surface area contributed by atoms with E-state index < -0.39 is 17.4 Å². The van der Waals surface area contributed by atoms with Gasteiger partial charge in [0.05, 0.1) is 18.2 Å². The Balaban J connectivity index is 1.38. The molecule has 1 fully saturated rings. The van der Waals surface area contributed by atoms with Crippen molar-refractivity contribution in [2.45, 2.75) is 71.3 Å². The number of amidine groups is 1. The van der Waals surface area contributed by atoms with E-state index in [4.69, 9.17) is 4.99 Å². The summed E-state index contributed by atoms with van der Waals surface area (Å²) in [5, 5.41) is 8.42. The summed E-state index contributed by atoms with van der Waals surface area (Å²) in [5.74, 6) is 0.478. The zero-order chi connectivity index (χ0) is 31.2. The molecule has 2 aromatic rings. The maximum Gasteiger partial charge on any atom is 0.416 e. The van der Waals surface area contributed by atoms with Gasteiger partial charge in [-0.15, -0.1) is 10.2 Å². The minimum atomic E-state index is -4.47. The molecule has 1 atom stereocenters. The summed E-state index contributed by atoms with van der Waals surface area (Å²) in [6, 6.07) is 11.4. The Morgan fingerprint density at radius 2 is 1.70 bits per heavy atom. The van der Waals surface area contributed by atoms with E-state index in [2.05, 4.69) is 42.1 Å². The molecular weight excluding hydrogens is 559 g/mol. The van der Waals surface area contributed by atoms with E-state index in [9.17, 15) is 22.8 Å². The van der Waals surface area contributed by atoms with Crippen LogP contribution in [0.5, 0.6) is 0 Å². The van der Waals surface area contributed by atoms with Crippen LogP contribution in [0.25, 0.3) is 0 Å². The lowest BCUT2D eigenvalue weighted by Crippen LogP contribution is -2.50. The third-order valence-electron chi connectivity index (χ3n) is 8.78. The predicted molar refractivity (Wildman–Crippen MR) is 158 cm³/mol. The number of rotatable bonds is 6. The molecule has 3 aliphatic rings. The average molecular weight is 598 g/mol. The molecule has 0 radical (unpaired) electrons. The zero-order valence-electron chi connectivity index (χ0n) is 25.0. The van der Waals surface area contributed by atoms with Crippen LogP contribution in [0.4, 0.5) is 13.2 Å². The molecule has 1 saturated carbocycles. The number of carbonyl (C=O) groups is 2. The number of carbonyl (C=O) groups excluding carboxylic acids is 2. The van der Waals surface area contributed by atoms with Crippen LogP contribution in [0, 0.1) is 11.3 Å². The Kier molecular flexibility index (Phi) is 8.02. The first kappa shape index (κ1) is 30.5. The number of hydrogen-bond donors (Lipinski definition) is 3. The molecule has 2 aliphatic heterocycles. The van der Waals surface area contributed by atoms with Crippen molar-refractivity contribution >= 4 is 23.4 Å². The van der Waals surface area contributed by atoms with Gasteiger partial charge in [0.15, 0.2) is 5.84 Å². The number of nitrogens with zero attached hydrogens (tertiary/aromatic N) is 4. The Labute approximate surface area is 249 Å². The van der Waals surface area contributed by atoms with Gasteiger partial charge in [0, 0.05) is 18.2 Å². The minimum absolute atomic E-state index is 0.115. The second-order valence-corrected chi connectivity index (χ2v) is 12.6. The number of hydrogen-bond acceptors (Lipinski definition) is 7. The lowest BCUT2D eigenvalue weighted by Gasteiger charge is -2.46. The summed E-state index contributed by atoms with van der Waals surface area (Å²) >= 11 is 0. The lowest BCUT2D eigenvalue weighted by atomic mass is 9.69. The van der Waals surface area contributed by atoms with Crippen LogP contribution in [0.1, 0.15) is 86.5 Å². The maximum atomic E-state index is 14.0. The van der Waals surface area contributed by atoms with E-state index in [1.165, 1.54) is 12.1 Å². The molecule has 12 heteroatoms. The van der Waals surface area contributed by atoms with Gasteiger partial charge in [-0.1, -0.05) is 45.0 Å². The Bertz CT molecular complexity index is 1420. The van der Waals surface area contributed by atoms with Crippen LogP contribution in [-0.2, 0) is 11.0 Å². The van der Waals surface area contributed by atoms with E-state index >= 15 is 0 Å². The van der Waals surface area contributed by atoms with Gasteiger partial charge in [0.1, 0.15) is 11.4 Å². The summed E-state index contributed by atoms with van der Waals surface area (Å²) in [5.41, 5.74) is 6.07. The number of aliphatic imine (C=N–C) groups is 1. The van der Waals surface area contributed by atoms with Gasteiger partial charge in [0.2, 0.25) is 0 Å². The molecule has 0 saturated heterocycles. The minimum Gasteiger partial charge on any atom is -0.345 e. The van der Waals surface area contributed by atoms with Crippen molar-refractivity contribution in [2.24, 2.45) is 21.4 Å². The van der Waals surface area contributed by atoms with Gasteiger partial charge in [-0.05, 0) is 73.8 Å². The zero-order valence-corrected chi connectivity index (χ0v) is 25.0. The largest absolute Gasteiger partial charge is 0.416 e. The average Bonchev–Trinajstić information content (AvgIpc) is 3.50. The molecule has 2 heterocycles. The van der Waals surface area contributed by atoms with Crippen molar-refractivity contribution in [3.05, 3.63) is 70.8 Å². The Morgan fingerprint density at radius 1 is 1.07 bits per heavy atom. The van der Waals surface area contributed by atoms with Gasteiger partial charge in [-0.3, -0.25) is 20.0 Å². The van der Waals surface area contributed by atoms with Gasteiger partial charge in [-0.25, -0.2) is 5.53 Å². The molecular formula is C31H38F3N7O2. The summed E-state index contributed by atoms with van der Waals surface area (Å²) in [7, 11) is 1.75. The first-order chi connectivity index (χ1) is 20.2. The number of benzene rings is 2. The van der Waals surface area contributed by atoms with E-state index in [0.717, 1.165) is 30.5 Å². The van der Waals surface area contributed by atoms with Crippen molar-refractivity contribution in [1.29, 1.82) is 0 Å². The molecule has 5 rings (SSSR count). The van der Waals surface area contributed by atoms with E-state index in [0.29, 0.717) is 35.7 Å². The molecule has 230 valence electrons. The van der Waals surface area contributed by atoms with Crippen molar-refractivity contribution in [2.75, 3.05) is 13.6 Å². The molecule has 0 bridgehead atoms. The second-order valence-electron chi connectivity index (χ2n) is 12.6. The fourth-order valence-electron chi connectivity index (χ4n) is 6.24. The van der Waals surface area contributed by atoms with Gasteiger partial charge >= 0.3 is 6.18 Å². The Hall–Kier alpha value is -3.93. The summed E-state index contributed by atoms with van der Waals surface area (Å²) < 4.78 is 39.6. The van der Waals surface area contributed by atoms with Crippen molar-refractivity contribution in [3.63, 3.8) is 0 Å². The predicted octanol–water partition coefficient (Wildman–Crippen LogP) is 5.03. The van der Waals surface area contributed by atoms with Crippen molar-refractivity contribution in [3.8, 4) is 0 Å². The van der Waals surface area contributed by atoms with Crippen molar-refractivity contribution in [1.82, 2.24) is 26.3 Å². The fourth-order valence-corrected chi connectivity index (χ4v) is 6.24. The quantitative estimate of drug-likeness (QED) is 0.434. The smallest absolute Gasteiger partial charge is 0.345 e. The van der Waals surface area contributed by atoms with Gasteiger partial charge < -0.3 is 10.2 Å². The molecule has 0 aromatic heterocycles. The monoisotopic (exact) mass is 597 g/mol. The highest BCUT2D eigenvalue weighted by Crippen LogP contribution is 2.49. The van der Waals surface area contributed by atoms with Crippen molar-refractivity contribution < 1.29 is 22.8 Å². The Morgan fingerprint density at radius 3 is 2.23 bits per heavy atom. The standard InChI is InChI=1S/C31H38F3N7O2/c1-19(20-6-8-22(9-7-20)27(42)35-18-25-37-39-40(5)38-25)41-28(43)26(21-10-12-24(13-11-21)31(32,33)34)36-30(41)16-14-23(15-17-30)29(2,3)4/h6-13,19,23,39H,14-18H2,1-5H3,(H,35,42)(H,37,38). The molecule has 1 aliphatic carbocycles. The topological polar surface area (TPSA) is 101 Å². The van der Waals surface area contributed by atoms with E-state index in [1.807, 2.05) is 19.1 Å². The molecule has 43 heavy (non-hydrogen) atoms. The molecule has 1 spiro atoms. The summed E-state index contributed by atoms with van der Waals surface area (Å²) in [6.45, 7) is 8.81.